The molecule has 0 radical (unpaired) electrons. The van der Waals surface area contributed by atoms with Crippen molar-refractivity contribution in [2.24, 2.45) is 0 Å². The van der Waals surface area contributed by atoms with Gasteiger partial charge in [0.25, 0.3) is 0 Å². The fraction of sp³-hybridized carbons (Fsp3) is 0.300. The molecule has 0 aromatic heterocycles. The average molecular weight is 322 g/mol. The molecule has 2 amide bonds. The molecule has 0 bridgehead atoms. The van der Waals surface area contributed by atoms with Crippen molar-refractivity contribution in [3.8, 4) is 0 Å². The Hall–Kier alpha value is -2.62. The van der Waals surface area contributed by atoms with Gasteiger partial charge in [-0.25, -0.2) is 0 Å². The topological polar surface area (TPSA) is 49.4 Å². The molecular weight excluding hydrogens is 300 g/mol. The number of rotatable bonds is 4. The van der Waals surface area contributed by atoms with E-state index in [1.54, 1.807) is 4.90 Å². The van der Waals surface area contributed by atoms with Gasteiger partial charge in [-0.1, -0.05) is 54.6 Å². The summed E-state index contributed by atoms with van der Waals surface area (Å²) >= 11 is 0. The van der Waals surface area contributed by atoms with Crippen molar-refractivity contribution in [3.05, 3.63) is 71.3 Å². The monoisotopic (exact) mass is 322 g/mol. The van der Waals surface area contributed by atoms with Crippen LogP contribution in [0.3, 0.4) is 0 Å². The molecule has 124 valence electrons. The van der Waals surface area contributed by atoms with Gasteiger partial charge in [0.15, 0.2) is 0 Å². The van der Waals surface area contributed by atoms with Crippen LogP contribution in [-0.2, 0) is 22.6 Å². The van der Waals surface area contributed by atoms with E-state index in [2.05, 4.69) is 5.32 Å². The SMILES string of the molecule is CC(C)N1C(=O)Cc2ccccc2C1C(=O)NCc1ccccc1. The maximum atomic E-state index is 12.9. The summed E-state index contributed by atoms with van der Waals surface area (Å²) in [6.07, 6.45) is 0.358. The van der Waals surface area contributed by atoms with Gasteiger partial charge in [0.2, 0.25) is 11.8 Å². The fourth-order valence-corrected chi connectivity index (χ4v) is 3.25. The molecule has 3 rings (SSSR count). The first-order chi connectivity index (χ1) is 11.6. The molecule has 1 aliphatic heterocycles. The smallest absolute Gasteiger partial charge is 0.247 e. The highest BCUT2D eigenvalue weighted by Gasteiger charge is 2.38. The van der Waals surface area contributed by atoms with Gasteiger partial charge in [-0.2, -0.15) is 0 Å². The predicted molar refractivity (Wildman–Crippen MR) is 93.2 cm³/mol. The molecule has 4 heteroatoms. The number of fused-ring (bicyclic) bond motifs is 1. The third-order valence-corrected chi connectivity index (χ3v) is 4.37. The molecule has 0 fully saturated rings. The molecule has 1 N–H and O–H groups in total. The third-order valence-electron chi connectivity index (χ3n) is 4.37. The van der Waals surface area contributed by atoms with E-state index in [4.69, 9.17) is 0 Å². The molecule has 1 atom stereocenters. The van der Waals surface area contributed by atoms with Crippen LogP contribution < -0.4 is 5.32 Å². The fourth-order valence-electron chi connectivity index (χ4n) is 3.25. The van der Waals surface area contributed by atoms with E-state index < -0.39 is 6.04 Å². The minimum absolute atomic E-state index is 0.00330. The lowest BCUT2D eigenvalue weighted by molar-refractivity contribution is -0.143. The van der Waals surface area contributed by atoms with Crippen LogP contribution in [0.25, 0.3) is 0 Å². The summed E-state index contributed by atoms with van der Waals surface area (Å²) in [5.41, 5.74) is 2.91. The highest BCUT2D eigenvalue weighted by Crippen LogP contribution is 2.32. The van der Waals surface area contributed by atoms with Gasteiger partial charge in [-0.15, -0.1) is 0 Å². The number of carbonyl (C=O) groups excluding carboxylic acids is 2. The van der Waals surface area contributed by atoms with Gasteiger partial charge < -0.3 is 10.2 Å². The lowest BCUT2D eigenvalue weighted by Gasteiger charge is -2.39. The molecule has 1 unspecified atom stereocenters. The molecule has 1 aliphatic rings. The zero-order valence-electron chi connectivity index (χ0n) is 14.0. The standard InChI is InChI=1S/C20H22N2O2/c1-14(2)22-18(23)12-16-10-6-7-11-17(16)19(22)20(24)21-13-15-8-4-3-5-9-15/h3-11,14,19H,12-13H2,1-2H3,(H,21,24). The van der Waals surface area contributed by atoms with Crippen molar-refractivity contribution < 1.29 is 9.59 Å². The first-order valence-electron chi connectivity index (χ1n) is 8.28. The number of nitrogens with one attached hydrogen (secondary N) is 1. The molecule has 4 nitrogen and oxygen atoms in total. The summed E-state index contributed by atoms with van der Waals surface area (Å²) < 4.78 is 0. The summed E-state index contributed by atoms with van der Waals surface area (Å²) in [5, 5.41) is 2.98. The van der Waals surface area contributed by atoms with E-state index in [0.29, 0.717) is 13.0 Å². The van der Waals surface area contributed by atoms with Crippen LogP contribution >= 0.6 is 0 Å². The van der Waals surface area contributed by atoms with Crippen LogP contribution in [0.15, 0.2) is 54.6 Å². The number of carbonyl (C=O) groups is 2. The lowest BCUT2D eigenvalue weighted by atomic mass is 9.90. The zero-order valence-corrected chi connectivity index (χ0v) is 14.0. The number of hydrogen-bond acceptors (Lipinski definition) is 2. The highest BCUT2D eigenvalue weighted by molar-refractivity contribution is 5.92. The Labute approximate surface area is 142 Å². The Balaban J connectivity index is 1.87. The van der Waals surface area contributed by atoms with Crippen molar-refractivity contribution in [2.45, 2.75) is 38.9 Å². The number of nitrogens with zero attached hydrogens (tertiary/aromatic N) is 1. The molecule has 0 saturated carbocycles. The number of benzene rings is 2. The Morgan fingerprint density at radius 3 is 2.50 bits per heavy atom. The van der Waals surface area contributed by atoms with Crippen LogP contribution in [0, 0.1) is 0 Å². The maximum absolute atomic E-state index is 12.9. The minimum Gasteiger partial charge on any atom is -0.350 e. The molecule has 0 aliphatic carbocycles. The Kier molecular flexibility index (Phi) is 4.65. The first kappa shape index (κ1) is 16.2. The van der Waals surface area contributed by atoms with Gasteiger partial charge in [0.05, 0.1) is 6.42 Å². The van der Waals surface area contributed by atoms with E-state index >= 15 is 0 Å². The largest absolute Gasteiger partial charge is 0.350 e. The Morgan fingerprint density at radius 1 is 1.12 bits per heavy atom. The van der Waals surface area contributed by atoms with Gasteiger partial charge >= 0.3 is 0 Å². The maximum Gasteiger partial charge on any atom is 0.247 e. The van der Waals surface area contributed by atoms with Crippen molar-refractivity contribution in [1.82, 2.24) is 10.2 Å². The van der Waals surface area contributed by atoms with E-state index in [1.807, 2.05) is 68.4 Å². The van der Waals surface area contributed by atoms with Gasteiger partial charge in [-0.05, 0) is 30.5 Å². The average Bonchev–Trinajstić information content (AvgIpc) is 2.59. The summed E-state index contributed by atoms with van der Waals surface area (Å²) in [4.78, 5) is 27.1. The summed E-state index contributed by atoms with van der Waals surface area (Å²) in [6, 6.07) is 16.9. The van der Waals surface area contributed by atoms with E-state index in [1.165, 1.54) is 0 Å². The summed E-state index contributed by atoms with van der Waals surface area (Å²) in [6.45, 7) is 4.35. The first-order valence-corrected chi connectivity index (χ1v) is 8.28. The summed E-state index contributed by atoms with van der Waals surface area (Å²) in [5.74, 6) is -0.128. The molecule has 24 heavy (non-hydrogen) atoms. The van der Waals surface area contributed by atoms with Gasteiger partial charge in [0, 0.05) is 12.6 Å². The van der Waals surface area contributed by atoms with Crippen LogP contribution in [0.1, 0.15) is 36.6 Å². The minimum atomic E-state index is -0.564. The predicted octanol–water partition coefficient (Wildman–Crippen LogP) is 2.84. The summed E-state index contributed by atoms with van der Waals surface area (Å²) in [7, 11) is 0. The van der Waals surface area contributed by atoms with Crippen molar-refractivity contribution in [2.75, 3.05) is 0 Å². The second kappa shape index (κ2) is 6.87. The number of hydrogen-bond donors (Lipinski definition) is 1. The van der Waals surface area contributed by atoms with E-state index in [0.717, 1.165) is 16.7 Å². The zero-order chi connectivity index (χ0) is 17.1. The quantitative estimate of drug-likeness (QED) is 0.941. The lowest BCUT2D eigenvalue weighted by Crippen LogP contribution is -2.50. The highest BCUT2D eigenvalue weighted by atomic mass is 16.2. The molecular formula is C20H22N2O2. The van der Waals surface area contributed by atoms with Gasteiger partial charge in [-0.3, -0.25) is 9.59 Å². The molecule has 2 aromatic rings. The van der Waals surface area contributed by atoms with E-state index in [9.17, 15) is 9.59 Å². The van der Waals surface area contributed by atoms with Crippen LogP contribution in [-0.4, -0.2) is 22.8 Å². The number of amides is 2. The van der Waals surface area contributed by atoms with Crippen LogP contribution in [0.5, 0.6) is 0 Å². The molecule has 0 saturated heterocycles. The Bertz CT molecular complexity index is 740. The Morgan fingerprint density at radius 2 is 1.79 bits per heavy atom. The third kappa shape index (κ3) is 3.18. The second-order valence-corrected chi connectivity index (χ2v) is 6.38. The normalized spacial score (nSPS) is 16.9. The van der Waals surface area contributed by atoms with Crippen molar-refractivity contribution in [1.29, 1.82) is 0 Å². The van der Waals surface area contributed by atoms with Crippen LogP contribution in [0.4, 0.5) is 0 Å². The second-order valence-electron chi connectivity index (χ2n) is 6.38. The molecule has 0 spiro atoms. The van der Waals surface area contributed by atoms with Gasteiger partial charge in [0.1, 0.15) is 6.04 Å². The van der Waals surface area contributed by atoms with E-state index in [-0.39, 0.29) is 17.9 Å². The molecule has 2 aromatic carbocycles. The van der Waals surface area contributed by atoms with Crippen molar-refractivity contribution in [3.63, 3.8) is 0 Å². The molecule has 1 heterocycles. The van der Waals surface area contributed by atoms with Crippen molar-refractivity contribution >= 4 is 11.8 Å². The van der Waals surface area contributed by atoms with Crippen LogP contribution in [0.2, 0.25) is 0 Å².